The molecule has 0 amide bonds. The number of nitrogens with zero attached hydrogens (tertiary/aromatic N) is 1. The fourth-order valence-electron chi connectivity index (χ4n) is 2.59. The van der Waals surface area contributed by atoms with Crippen LogP contribution in [0.1, 0.15) is 25.7 Å². The van der Waals surface area contributed by atoms with Crippen LogP contribution in [0.2, 0.25) is 0 Å². The Kier molecular flexibility index (Phi) is 4.99. The van der Waals surface area contributed by atoms with Gasteiger partial charge in [0, 0.05) is 12.6 Å². The third kappa shape index (κ3) is 4.15. The minimum atomic E-state index is -3.98. The zero-order valence-electron chi connectivity index (χ0n) is 11.9. The number of sulfonamides is 1. The molecule has 1 aliphatic rings. The highest BCUT2D eigenvalue weighted by molar-refractivity contribution is 7.89. The Labute approximate surface area is 128 Å². The van der Waals surface area contributed by atoms with E-state index in [2.05, 4.69) is 5.32 Å². The number of nitrogens with two attached hydrogens (primary N) is 1. The summed E-state index contributed by atoms with van der Waals surface area (Å²) in [6, 6.07) is 3.56. The van der Waals surface area contributed by atoms with Crippen molar-refractivity contribution < 1.29 is 18.4 Å². The third-order valence-corrected chi connectivity index (χ3v) is 4.80. The number of primary sulfonamides is 1. The van der Waals surface area contributed by atoms with E-state index in [9.17, 15) is 23.6 Å². The SMILES string of the molecule is NS(=O)(=O)c1ccc(NCC2CCC(O)CC2)c([N+](=O)[O-])c1. The number of hydrogen-bond donors (Lipinski definition) is 3. The molecule has 1 aromatic rings. The second-order valence-corrected chi connectivity index (χ2v) is 7.10. The van der Waals surface area contributed by atoms with Crippen LogP contribution in [-0.2, 0) is 10.0 Å². The van der Waals surface area contributed by atoms with Gasteiger partial charge in [-0.3, -0.25) is 10.1 Å². The largest absolute Gasteiger partial charge is 0.393 e. The number of hydrogen-bond acceptors (Lipinski definition) is 6. The van der Waals surface area contributed by atoms with Crippen LogP contribution in [-0.4, -0.2) is 31.1 Å². The first kappa shape index (κ1) is 16.7. The predicted octanol–water partition coefficient (Wildman–Crippen LogP) is 1.21. The summed E-state index contributed by atoms with van der Waals surface area (Å²) in [7, 11) is -3.98. The van der Waals surface area contributed by atoms with Gasteiger partial charge in [0.1, 0.15) is 5.69 Å². The standard InChI is InChI=1S/C13H19N3O5S/c14-22(20,21)11-5-6-12(13(7-11)16(18)19)15-8-9-1-3-10(17)4-2-9/h5-7,9-10,15,17H,1-4,8H2,(H2,14,20,21). The number of benzene rings is 1. The number of rotatable bonds is 5. The van der Waals surface area contributed by atoms with Crippen LogP contribution in [0, 0.1) is 16.0 Å². The molecule has 4 N–H and O–H groups in total. The van der Waals surface area contributed by atoms with Crippen LogP contribution in [0.5, 0.6) is 0 Å². The second-order valence-electron chi connectivity index (χ2n) is 5.54. The van der Waals surface area contributed by atoms with E-state index in [1.54, 1.807) is 0 Å². The fourth-order valence-corrected chi connectivity index (χ4v) is 3.13. The van der Waals surface area contributed by atoms with Crippen LogP contribution in [0.3, 0.4) is 0 Å². The Morgan fingerprint density at radius 3 is 2.50 bits per heavy atom. The van der Waals surface area contributed by atoms with Gasteiger partial charge in [0.15, 0.2) is 0 Å². The Morgan fingerprint density at radius 2 is 1.95 bits per heavy atom. The minimum absolute atomic E-state index is 0.250. The molecule has 0 aliphatic heterocycles. The molecule has 0 unspecified atom stereocenters. The quantitative estimate of drug-likeness (QED) is 0.548. The molecule has 22 heavy (non-hydrogen) atoms. The highest BCUT2D eigenvalue weighted by Gasteiger charge is 2.22. The molecule has 1 aliphatic carbocycles. The van der Waals surface area contributed by atoms with Gasteiger partial charge in [-0.05, 0) is 43.7 Å². The van der Waals surface area contributed by atoms with Crippen molar-refractivity contribution in [3.8, 4) is 0 Å². The maximum Gasteiger partial charge on any atom is 0.293 e. The first-order valence-corrected chi connectivity index (χ1v) is 8.55. The lowest BCUT2D eigenvalue weighted by Crippen LogP contribution is -2.23. The van der Waals surface area contributed by atoms with E-state index < -0.39 is 14.9 Å². The van der Waals surface area contributed by atoms with Crippen molar-refractivity contribution in [3.05, 3.63) is 28.3 Å². The Bertz CT molecular complexity index is 654. The lowest BCUT2D eigenvalue weighted by atomic mass is 9.87. The third-order valence-electron chi connectivity index (χ3n) is 3.89. The van der Waals surface area contributed by atoms with E-state index in [1.165, 1.54) is 12.1 Å². The van der Waals surface area contributed by atoms with Gasteiger partial charge in [0.2, 0.25) is 10.0 Å². The number of anilines is 1. The number of nitro groups is 1. The highest BCUT2D eigenvalue weighted by atomic mass is 32.2. The van der Waals surface area contributed by atoms with Gasteiger partial charge in [0.05, 0.1) is 15.9 Å². The predicted molar refractivity (Wildman–Crippen MR) is 80.9 cm³/mol. The molecule has 0 spiro atoms. The van der Waals surface area contributed by atoms with Crippen molar-refractivity contribution in [1.29, 1.82) is 0 Å². The molecular formula is C13H19N3O5S. The first-order valence-electron chi connectivity index (χ1n) is 7.00. The van der Waals surface area contributed by atoms with Crippen LogP contribution < -0.4 is 10.5 Å². The van der Waals surface area contributed by atoms with Gasteiger partial charge < -0.3 is 10.4 Å². The molecule has 0 atom stereocenters. The van der Waals surface area contributed by atoms with Gasteiger partial charge in [-0.1, -0.05) is 0 Å². The number of nitrogens with one attached hydrogen (secondary N) is 1. The average Bonchev–Trinajstić information content (AvgIpc) is 2.45. The molecule has 0 radical (unpaired) electrons. The molecule has 2 rings (SSSR count). The maximum absolute atomic E-state index is 11.3. The Hall–Kier alpha value is -1.71. The minimum Gasteiger partial charge on any atom is -0.393 e. The zero-order valence-corrected chi connectivity index (χ0v) is 12.8. The smallest absolute Gasteiger partial charge is 0.293 e. The van der Waals surface area contributed by atoms with Crippen molar-refractivity contribution in [2.75, 3.05) is 11.9 Å². The number of aliphatic hydroxyl groups is 1. The van der Waals surface area contributed by atoms with E-state index in [4.69, 9.17) is 5.14 Å². The topological polar surface area (TPSA) is 136 Å². The summed E-state index contributed by atoms with van der Waals surface area (Å²) >= 11 is 0. The lowest BCUT2D eigenvalue weighted by Gasteiger charge is -2.25. The van der Waals surface area contributed by atoms with Crippen molar-refractivity contribution in [2.24, 2.45) is 11.1 Å². The molecule has 1 saturated carbocycles. The van der Waals surface area contributed by atoms with E-state index in [0.29, 0.717) is 12.5 Å². The molecule has 0 bridgehead atoms. The van der Waals surface area contributed by atoms with Gasteiger partial charge >= 0.3 is 0 Å². The van der Waals surface area contributed by atoms with E-state index >= 15 is 0 Å². The molecule has 1 fully saturated rings. The van der Waals surface area contributed by atoms with Crippen molar-refractivity contribution in [2.45, 2.75) is 36.7 Å². The first-order chi connectivity index (χ1) is 10.3. The normalized spacial score (nSPS) is 22.3. The van der Waals surface area contributed by atoms with Gasteiger partial charge in [-0.2, -0.15) is 0 Å². The van der Waals surface area contributed by atoms with Gasteiger partial charge in [-0.15, -0.1) is 0 Å². The van der Waals surface area contributed by atoms with E-state index in [-0.39, 0.29) is 22.4 Å². The summed E-state index contributed by atoms with van der Waals surface area (Å²) in [5, 5.41) is 28.5. The monoisotopic (exact) mass is 329 g/mol. The molecule has 0 heterocycles. The van der Waals surface area contributed by atoms with Crippen LogP contribution >= 0.6 is 0 Å². The van der Waals surface area contributed by atoms with Crippen LogP contribution in [0.4, 0.5) is 11.4 Å². The Balaban J connectivity index is 2.12. The average molecular weight is 329 g/mol. The second kappa shape index (κ2) is 6.59. The molecule has 122 valence electrons. The molecule has 0 aromatic heterocycles. The summed E-state index contributed by atoms with van der Waals surface area (Å²) in [5.74, 6) is 0.334. The van der Waals surface area contributed by atoms with Crippen molar-refractivity contribution >= 4 is 21.4 Å². The maximum atomic E-state index is 11.3. The fraction of sp³-hybridized carbons (Fsp3) is 0.538. The lowest BCUT2D eigenvalue weighted by molar-refractivity contribution is -0.384. The Morgan fingerprint density at radius 1 is 1.32 bits per heavy atom. The molecular weight excluding hydrogens is 310 g/mol. The highest BCUT2D eigenvalue weighted by Crippen LogP contribution is 2.29. The molecule has 8 nitrogen and oxygen atoms in total. The van der Waals surface area contributed by atoms with E-state index in [0.717, 1.165) is 31.7 Å². The summed E-state index contributed by atoms with van der Waals surface area (Å²) in [4.78, 5) is 10.2. The van der Waals surface area contributed by atoms with E-state index in [1.807, 2.05) is 0 Å². The summed E-state index contributed by atoms with van der Waals surface area (Å²) in [5.41, 5.74) is -0.0501. The summed E-state index contributed by atoms with van der Waals surface area (Å²) < 4.78 is 22.5. The van der Waals surface area contributed by atoms with Crippen LogP contribution in [0.25, 0.3) is 0 Å². The summed E-state index contributed by atoms with van der Waals surface area (Å²) in [6.45, 7) is 0.544. The van der Waals surface area contributed by atoms with Crippen molar-refractivity contribution in [1.82, 2.24) is 0 Å². The number of nitro benzene ring substituents is 1. The zero-order chi connectivity index (χ0) is 16.3. The van der Waals surface area contributed by atoms with Gasteiger partial charge in [0.25, 0.3) is 5.69 Å². The van der Waals surface area contributed by atoms with Gasteiger partial charge in [-0.25, -0.2) is 13.6 Å². The van der Waals surface area contributed by atoms with Crippen molar-refractivity contribution in [3.63, 3.8) is 0 Å². The molecule has 1 aromatic carbocycles. The number of aliphatic hydroxyl groups excluding tert-OH is 1. The summed E-state index contributed by atoms with van der Waals surface area (Å²) in [6.07, 6.45) is 2.94. The molecule has 0 saturated heterocycles. The molecule has 9 heteroatoms. The van der Waals surface area contributed by atoms with Crippen LogP contribution in [0.15, 0.2) is 23.1 Å².